The third kappa shape index (κ3) is 5.47. The highest BCUT2D eigenvalue weighted by Crippen LogP contribution is 2.19. The van der Waals surface area contributed by atoms with Gasteiger partial charge in [0.15, 0.2) is 0 Å². The van der Waals surface area contributed by atoms with Gasteiger partial charge in [-0.3, -0.25) is 4.79 Å². The summed E-state index contributed by atoms with van der Waals surface area (Å²) in [4.78, 5) is 16.9. The molecule has 0 aliphatic carbocycles. The summed E-state index contributed by atoms with van der Waals surface area (Å²) in [5, 5.41) is 2.91. The minimum Gasteiger partial charge on any atom is -0.384 e. The van der Waals surface area contributed by atoms with Crippen molar-refractivity contribution in [3.63, 3.8) is 0 Å². The van der Waals surface area contributed by atoms with Gasteiger partial charge >= 0.3 is 0 Å². The molecule has 0 aliphatic rings. The maximum Gasteiger partial charge on any atom is 0.224 e. The zero-order valence-electron chi connectivity index (χ0n) is 12.0. The number of carbonyl (C=O) groups is 1. The summed E-state index contributed by atoms with van der Waals surface area (Å²) in [5.74, 6) is 1.46. The van der Waals surface area contributed by atoms with E-state index in [0.29, 0.717) is 12.2 Å². The van der Waals surface area contributed by atoms with E-state index in [1.807, 2.05) is 37.3 Å². The molecule has 4 nitrogen and oxygen atoms in total. The van der Waals surface area contributed by atoms with Crippen LogP contribution < -0.4 is 11.1 Å². The van der Waals surface area contributed by atoms with Crippen molar-refractivity contribution in [2.45, 2.75) is 24.7 Å². The molecule has 1 aromatic heterocycles. The Kier molecular flexibility index (Phi) is 5.63. The van der Waals surface area contributed by atoms with E-state index in [-0.39, 0.29) is 5.91 Å². The van der Waals surface area contributed by atoms with Crippen molar-refractivity contribution in [2.75, 3.05) is 16.8 Å². The second-order valence-electron chi connectivity index (χ2n) is 4.79. The Balaban J connectivity index is 1.68. The van der Waals surface area contributed by atoms with Crippen molar-refractivity contribution in [2.24, 2.45) is 0 Å². The number of carbonyl (C=O) groups excluding carboxylic acids is 1. The lowest BCUT2D eigenvalue weighted by Crippen LogP contribution is -2.11. The Hall–Kier alpha value is -2.01. The van der Waals surface area contributed by atoms with Crippen molar-refractivity contribution in [1.29, 1.82) is 0 Å². The molecule has 2 rings (SSSR count). The molecule has 1 heterocycles. The van der Waals surface area contributed by atoms with Gasteiger partial charge in [-0.25, -0.2) is 4.98 Å². The van der Waals surface area contributed by atoms with Gasteiger partial charge < -0.3 is 11.1 Å². The first kappa shape index (κ1) is 15.4. The molecular weight excluding hydrogens is 282 g/mol. The summed E-state index contributed by atoms with van der Waals surface area (Å²) < 4.78 is 0. The maximum absolute atomic E-state index is 11.8. The number of aromatic nitrogens is 1. The van der Waals surface area contributed by atoms with Gasteiger partial charge in [-0.2, -0.15) is 0 Å². The van der Waals surface area contributed by atoms with Gasteiger partial charge in [-0.1, -0.05) is 12.1 Å². The molecule has 0 unspecified atom stereocenters. The second-order valence-corrected chi connectivity index (χ2v) is 5.96. The smallest absolute Gasteiger partial charge is 0.224 e. The van der Waals surface area contributed by atoms with Crippen LogP contribution in [-0.4, -0.2) is 16.6 Å². The van der Waals surface area contributed by atoms with Crippen LogP contribution in [0.2, 0.25) is 0 Å². The number of anilines is 2. The summed E-state index contributed by atoms with van der Waals surface area (Å²) >= 11 is 1.68. The molecular formula is C16H19N3OS. The minimum atomic E-state index is 0.0524. The van der Waals surface area contributed by atoms with Gasteiger partial charge in [0.2, 0.25) is 5.91 Å². The van der Waals surface area contributed by atoms with Crippen molar-refractivity contribution in [1.82, 2.24) is 4.98 Å². The van der Waals surface area contributed by atoms with E-state index in [2.05, 4.69) is 10.3 Å². The highest BCUT2D eigenvalue weighted by Gasteiger charge is 2.03. The van der Waals surface area contributed by atoms with E-state index in [1.54, 1.807) is 24.0 Å². The van der Waals surface area contributed by atoms with Crippen molar-refractivity contribution in [3.8, 4) is 0 Å². The van der Waals surface area contributed by atoms with Crippen LogP contribution in [-0.2, 0) is 4.79 Å². The molecule has 1 aromatic carbocycles. The quantitative estimate of drug-likeness (QED) is 0.633. The number of amides is 1. The molecule has 0 radical (unpaired) electrons. The summed E-state index contributed by atoms with van der Waals surface area (Å²) in [7, 11) is 0. The number of benzene rings is 1. The molecule has 0 saturated carbocycles. The predicted molar refractivity (Wildman–Crippen MR) is 88.4 cm³/mol. The van der Waals surface area contributed by atoms with Crippen LogP contribution in [0.4, 0.5) is 11.5 Å². The summed E-state index contributed by atoms with van der Waals surface area (Å²) in [6.07, 6.45) is 3.10. The normalized spacial score (nSPS) is 10.3. The lowest BCUT2D eigenvalue weighted by molar-refractivity contribution is -0.116. The molecule has 0 spiro atoms. The first-order valence-electron chi connectivity index (χ1n) is 6.84. The monoisotopic (exact) mass is 301 g/mol. The molecule has 0 bridgehead atoms. The summed E-state index contributed by atoms with van der Waals surface area (Å²) in [5.41, 5.74) is 7.53. The Morgan fingerprint density at radius 3 is 2.90 bits per heavy atom. The number of aryl methyl sites for hydroxylation is 1. The number of nitrogen functional groups attached to an aromatic ring is 1. The van der Waals surface area contributed by atoms with Gasteiger partial charge in [-0.05, 0) is 48.9 Å². The highest BCUT2D eigenvalue weighted by molar-refractivity contribution is 7.99. The van der Waals surface area contributed by atoms with Gasteiger partial charge in [0.25, 0.3) is 0 Å². The van der Waals surface area contributed by atoms with E-state index < -0.39 is 0 Å². The molecule has 0 saturated heterocycles. The molecule has 0 atom stereocenters. The van der Waals surface area contributed by atoms with E-state index in [4.69, 9.17) is 5.73 Å². The molecule has 110 valence electrons. The molecule has 0 fully saturated rings. The maximum atomic E-state index is 11.8. The van der Waals surface area contributed by atoms with Crippen LogP contribution in [0.3, 0.4) is 0 Å². The van der Waals surface area contributed by atoms with Crippen LogP contribution in [0.1, 0.15) is 18.4 Å². The number of hydrogen-bond donors (Lipinski definition) is 2. The minimum absolute atomic E-state index is 0.0524. The molecule has 2 aromatic rings. The first-order valence-corrected chi connectivity index (χ1v) is 7.83. The van der Waals surface area contributed by atoms with Gasteiger partial charge in [-0.15, -0.1) is 11.8 Å². The van der Waals surface area contributed by atoms with E-state index in [0.717, 1.165) is 28.3 Å². The van der Waals surface area contributed by atoms with Gasteiger partial charge in [0.1, 0.15) is 5.82 Å². The van der Waals surface area contributed by atoms with Crippen LogP contribution in [0.15, 0.2) is 47.5 Å². The highest BCUT2D eigenvalue weighted by atomic mass is 32.2. The SMILES string of the molecule is Cc1cccc(NC(=O)CCCSc2ccc(N)nc2)c1. The Labute approximate surface area is 129 Å². The summed E-state index contributed by atoms with van der Waals surface area (Å²) in [6, 6.07) is 11.5. The van der Waals surface area contributed by atoms with Crippen molar-refractivity contribution >= 4 is 29.2 Å². The molecule has 1 amide bonds. The van der Waals surface area contributed by atoms with Crippen molar-refractivity contribution < 1.29 is 4.79 Å². The Morgan fingerprint density at radius 2 is 2.19 bits per heavy atom. The van der Waals surface area contributed by atoms with Crippen LogP contribution in [0.25, 0.3) is 0 Å². The fourth-order valence-corrected chi connectivity index (χ4v) is 2.66. The third-order valence-electron chi connectivity index (χ3n) is 2.88. The second kappa shape index (κ2) is 7.69. The van der Waals surface area contributed by atoms with E-state index in [1.165, 1.54) is 0 Å². The number of rotatable bonds is 6. The van der Waals surface area contributed by atoms with Crippen LogP contribution in [0.5, 0.6) is 0 Å². The number of nitrogens with zero attached hydrogens (tertiary/aromatic N) is 1. The first-order chi connectivity index (χ1) is 10.1. The van der Waals surface area contributed by atoms with E-state index in [9.17, 15) is 4.79 Å². The standard InChI is InChI=1S/C16H19N3OS/c1-12-4-2-5-13(10-12)19-16(20)6-3-9-21-14-7-8-15(17)18-11-14/h2,4-5,7-8,10-11H,3,6,9H2,1H3,(H2,17,18)(H,19,20). The number of nitrogens with two attached hydrogens (primary N) is 1. The van der Waals surface area contributed by atoms with Gasteiger partial charge in [0.05, 0.1) is 0 Å². The lowest BCUT2D eigenvalue weighted by atomic mass is 10.2. The molecule has 0 aliphatic heterocycles. The molecule has 3 N–H and O–H groups in total. The fourth-order valence-electron chi connectivity index (χ4n) is 1.85. The number of pyridine rings is 1. The van der Waals surface area contributed by atoms with Crippen LogP contribution in [0, 0.1) is 6.92 Å². The molecule has 21 heavy (non-hydrogen) atoms. The fraction of sp³-hybridized carbons (Fsp3) is 0.250. The third-order valence-corrected chi connectivity index (χ3v) is 3.95. The van der Waals surface area contributed by atoms with E-state index >= 15 is 0 Å². The largest absolute Gasteiger partial charge is 0.384 e. The number of nitrogens with one attached hydrogen (secondary N) is 1. The van der Waals surface area contributed by atoms with Gasteiger partial charge in [0, 0.05) is 23.2 Å². The topological polar surface area (TPSA) is 68.0 Å². The lowest BCUT2D eigenvalue weighted by Gasteiger charge is -2.06. The Morgan fingerprint density at radius 1 is 1.33 bits per heavy atom. The summed E-state index contributed by atoms with van der Waals surface area (Å²) in [6.45, 7) is 2.01. The average molecular weight is 301 g/mol. The zero-order valence-corrected chi connectivity index (χ0v) is 12.8. The average Bonchev–Trinajstić information content (AvgIpc) is 2.45. The van der Waals surface area contributed by atoms with Crippen molar-refractivity contribution in [3.05, 3.63) is 48.2 Å². The number of thioether (sulfide) groups is 1. The molecule has 5 heteroatoms. The predicted octanol–water partition coefficient (Wildman–Crippen LogP) is 3.48. The zero-order chi connectivity index (χ0) is 15.1. The Bertz CT molecular complexity index is 599. The number of hydrogen-bond acceptors (Lipinski definition) is 4. The van der Waals surface area contributed by atoms with Crippen LogP contribution >= 0.6 is 11.8 Å².